The quantitative estimate of drug-likeness (QED) is 0.430. The Morgan fingerprint density at radius 2 is 2.15 bits per heavy atom. The van der Waals surface area contributed by atoms with Gasteiger partial charge in [-0.25, -0.2) is 4.79 Å². The second kappa shape index (κ2) is 8.97. The molecule has 1 heterocycles. The lowest BCUT2D eigenvalue weighted by atomic mass is 10.0. The third kappa shape index (κ3) is 5.04. The number of esters is 1. The van der Waals surface area contributed by atoms with E-state index >= 15 is 0 Å². The molecule has 7 nitrogen and oxygen atoms in total. The molecule has 0 aliphatic carbocycles. The molecule has 8 heteroatoms. The molecule has 26 heavy (non-hydrogen) atoms. The SMILES string of the molecule is CC(=N)[C@@H](C#N)C(=O)COC(=O)c1ccccc1SCc1cc(C)on1. The van der Waals surface area contributed by atoms with Crippen LogP contribution in [-0.2, 0) is 15.3 Å². The average molecular weight is 371 g/mol. The van der Waals surface area contributed by atoms with Gasteiger partial charge in [0.2, 0.25) is 0 Å². The number of rotatable bonds is 8. The Morgan fingerprint density at radius 1 is 1.42 bits per heavy atom. The van der Waals surface area contributed by atoms with Crippen molar-refractivity contribution >= 4 is 29.2 Å². The van der Waals surface area contributed by atoms with Crippen LogP contribution in [0.4, 0.5) is 0 Å². The minimum absolute atomic E-state index is 0.0765. The number of thioether (sulfide) groups is 1. The van der Waals surface area contributed by atoms with Crippen molar-refractivity contribution in [2.75, 3.05) is 6.61 Å². The Kier molecular flexibility index (Phi) is 6.69. The predicted octanol–water partition coefficient (Wildman–Crippen LogP) is 3.18. The number of nitrogens with one attached hydrogen (secondary N) is 1. The summed E-state index contributed by atoms with van der Waals surface area (Å²) < 4.78 is 10.0. The molecule has 0 bridgehead atoms. The first kappa shape index (κ1) is 19.4. The highest BCUT2D eigenvalue weighted by molar-refractivity contribution is 7.98. The number of Topliss-reactive ketones (excluding diaryl/α,β-unsaturated/α-hetero) is 1. The van der Waals surface area contributed by atoms with Crippen molar-refractivity contribution in [1.82, 2.24) is 5.16 Å². The second-order valence-electron chi connectivity index (χ2n) is 5.50. The summed E-state index contributed by atoms with van der Waals surface area (Å²) in [6.45, 7) is 2.62. The highest BCUT2D eigenvalue weighted by Crippen LogP contribution is 2.26. The fraction of sp³-hybridized carbons (Fsp3) is 0.278. The van der Waals surface area contributed by atoms with E-state index in [4.69, 9.17) is 19.9 Å². The summed E-state index contributed by atoms with van der Waals surface area (Å²) in [5, 5.41) is 20.2. The van der Waals surface area contributed by atoms with Crippen LogP contribution in [0.15, 0.2) is 39.8 Å². The van der Waals surface area contributed by atoms with Crippen molar-refractivity contribution in [1.29, 1.82) is 10.7 Å². The summed E-state index contributed by atoms with van der Waals surface area (Å²) in [6.07, 6.45) is 0. The van der Waals surface area contributed by atoms with Gasteiger partial charge in [0.25, 0.3) is 0 Å². The lowest BCUT2D eigenvalue weighted by Gasteiger charge is -2.10. The van der Waals surface area contributed by atoms with Gasteiger partial charge in [-0.15, -0.1) is 11.8 Å². The molecule has 0 saturated heterocycles. The largest absolute Gasteiger partial charge is 0.454 e. The Morgan fingerprint density at radius 3 is 2.77 bits per heavy atom. The first-order valence-corrected chi connectivity index (χ1v) is 8.69. The zero-order chi connectivity index (χ0) is 19.1. The summed E-state index contributed by atoms with van der Waals surface area (Å²) in [7, 11) is 0. The van der Waals surface area contributed by atoms with E-state index in [2.05, 4.69) is 5.16 Å². The number of carbonyl (C=O) groups excluding carboxylic acids is 2. The van der Waals surface area contributed by atoms with Gasteiger partial charge in [-0.05, 0) is 26.0 Å². The molecule has 0 amide bonds. The molecular formula is C18H17N3O4S. The minimum Gasteiger partial charge on any atom is -0.454 e. The van der Waals surface area contributed by atoms with Gasteiger partial charge in [-0.3, -0.25) is 4.79 Å². The van der Waals surface area contributed by atoms with Gasteiger partial charge in [0.05, 0.1) is 17.3 Å². The number of carbonyl (C=O) groups is 2. The van der Waals surface area contributed by atoms with Gasteiger partial charge in [-0.1, -0.05) is 17.3 Å². The van der Waals surface area contributed by atoms with Crippen LogP contribution in [0, 0.1) is 29.6 Å². The minimum atomic E-state index is -1.19. The molecule has 0 radical (unpaired) electrons. The third-order valence-corrected chi connectivity index (χ3v) is 4.50. The molecular weight excluding hydrogens is 354 g/mol. The van der Waals surface area contributed by atoms with Crippen LogP contribution in [0.3, 0.4) is 0 Å². The Balaban J connectivity index is 2.01. The fourth-order valence-electron chi connectivity index (χ4n) is 2.11. The number of nitriles is 1. The van der Waals surface area contributed by atoms with Crippen LogP contribution in [0.1, 0.15) is 28.7 Å². The molecule has 2 rings (SSSR count). The zero-order valence-corrected chi connectivity index (χ0v) is 15.1. The predicted molar refractivity (Wildman–Crippen MR) is 95.0 cm³/mol. The van der Waals surface area contributed by atoms with Crippen molar-refractivity contribution < 1.29 is 18.8 Å². The Labute approximate surface area is 154 Å². The van der Waals surface area contributed by atoms with Gasteiger partial charge in [0.1, 0.15) is 11.7 Å². The third-order valence-electron chi connectivity index (χ3n) is 3.39. The number of benzene rings is 1. The van der Waals surface area contributed by atoms with E-state index in [9.17, 15) is 9.59 Å². The van der Waals surface area contributed by atoms with Crippen molar-refractivity contribution in [2.45, 2.75) is 24.5 Å². The van der Waals surface area contributed by atoms with Crippen LogP contribution in [0.5, 0.6) is 0 Å². The highest BCUT2D eigenvalue weighted by Gasteiger charge is 2.22. The maximum atomic E-state index is 12.3. The molecule has 0 aliphatic rings. The second-order valence-corrected chi connectivity index (χ2v) is 6.52. The molecule has 0 spiro atoms. The summed E-state index contributed by atoms with van der Waals surface area (Å²) in [5.74, 6) is -1.24. The van der Waals surface area contributed by atoms with Crippen molar-refractivity contribution in [3.8, 4) is 6.07 Å². The van der Waals surface area contributed by atoms with Crippen LogP contribution in [0.25, 0.3) is 0 Å². The lowest BCUT2D eigenvalue weighted by molar-refractivity contribution is -0.122. The van der Waals surface area contributed by atoms with E-state index in [1.54, 1.807) is 37.3 Å². The van der Waals surface area contributed by atoms with Crippen LogP contribution in [0.2, 0.25) is 0 Å². The van der Waals surface area contributed by atoms with E-state index in [1.165, 1.54) is 18.7 Å². The van der Waals surface area contributed by atoms with Gasteiger partial charge < -0.3 is 14.7 Å². The maximum Gasteiger partial charge on any atom is 0.339 e. The van der Waals surface area contributed by atoms with E-state index in [0.29, 0.717) is 22.0 Å². The lowest BCUT2D eigenvalue weighted by Crippen LogP contribution is -2.25. The number of aryl methyl sites for hydroxylation is 1. The molecule has 1 aromatic heterocycles. The molecule has 1 aromatic carbocycles. The Hall–Kier alpha value is -2.92. The highest BCUT2D eigenvalue weighted by atomic mass is 32.2. The number of aromatic nitrogens is 1. The van der Waals surface area contributed by atoms with E-state index in [0.717, 1.165) is 5.69 Å². The first-order chi connectivity index (χ1) is 12.4. The molecule has 1 atom stereocenters. The van der Waals surface area contributed by atoms with Crippen molar-refractivity contribution in [2.24, 2.45) is 5.92 Å². The van der Waals surface area contributed by atoms with Gasteiger partial charge in [0.15, 0.2) is 12.4 Å². The molecule has 1 N–H and O–H groups in total. The molecule has 0 unspecified atom stereocenters. The monoisotopic (exact) mass is 371 g/mol. The molecule has 134 valence electrons. The zero-order valence-electron chi connectivity index (χ0n) is 14.3. The van der Waals surface area contributed by atoms with Crippen LogP contribution >= 0.6 is 11.8 Å². The van der Waals surface area contributed by atoms with Crippen LogP contribution < -0.4 is 0 Å². The van der Waals surface area contributed by atoms with Gasteiger partial charge >= 0.3 is 5.97 Å². The van der Waals surface area contributed by atoms with Crippen LogP contribution in [-0.4, -0.2) is 29.2 Å². The molecule has 0 saturated carbocycles. The standard InChI is InChI=1S/C18H17N3O4S/c1-11-7-13(21-25-11)10-26-17-6-4-3-5-14(17)18(23)24-9-16(22)15(8-19)12(2)20/h3-7,15,20H,9-10H2,1-2H3/t15-/m1/s1. The van der Waals surface area contributed by atoms with Crippen molar-refractivity contribution in [3.05, 3.63) is 47.3 Å². The van der Waals surface area contributed by atoms with Gasteiger partial charge in [0, 0.05) is 22.4 Å². The summed E-state index contributed by atoms with van der Waals surface area (Å²) in [6, 6.07) is 10.4. The van der Waals surface area contributed by atoms with E-state index in [-0.39, 0.29) is 5.71 Å². The maximum absolute atomic E-state index is 12.3. The molecule has 0 aliphatic heterocycles. The molecule has 0 fully saturated rings. The molecule has 2 aromatic rings. The topological polar surface area (TPSA) is 117 Å². The number of ketones is 1. The summed E-state index contributed by atoms with van der Waals surface area (Å²) >= 11 is 1.40. The smallest absolute Gasteiger partial charge is 0.339 e. The number of hydrogen-bond acceptors (Lipinski definition) is 8. The van der Waals surface area contributed by atoms with Crippen molar-refractivity contribution in [3.63, 3.8) is 0 Å². The van der Waals surface area contributed by atoms with E-state index < -0.39 is 24.3 Å². The normalized spacial score (nSPS) is 11.4. The fourth-order valence-corrected chi connectivity index (χ4v) is 3.03. The summed E-state index contributed by atoms with van der Waals surface area (Å²) in [4.78, 5) is 24.9. The van der Waals surface area contributed by atoms with Gasteiger partial charge in [-0.2, -0.15) is 5.26 Å². The first-order valence-electron chi connectivity index (χ1n) is 7.71. The van der Waals surface area contributed by atoms with E-state index in [1.807, 2.05) is 6.07 Å². The summed E-state index contributed by atoms with van der Waals surface area (Å²) in [5.41, 5.74) is 1.00. The number of ether oxygens (including phenoxy) is 1. The number of nitrogens with zero attached hydrogens (tertiary/aromatic N) is 2. The average Bonchev–Trinajstić information content (AvgIpc) is 3.03. The number of hydrogen-bond donors (Lipinski definition) is 1. The Bertz CT molecular complexity index is 869.